The molecule has 3 aromatic carbocycles. The number of nitrogens with zero attached hydrogens (tertiary/aromatic N) is 1. The van der Waals surface area contributed by atoms with Crippen LogP contribution in [0.1, 0.15) is 15.9 Å². The summed E-state index contributed by atoms with van der Waals surface area (Å²) in [4.78, 5) is 11.8. The van der Waals surface area contributed by atoms with E-state index in [2.05, 4.69) is 0 Å². The molecule has 0 aliphatic heterocycles. The standard InChI is InChI=1S/C23H23NO8S/c1-15-7-9-17(10-8-15)24(33(28)29)18-13-16(23(26)27)14-21(31-12-11-25)22(18)32-20-6-4-3-5-19(20)30-2/h3-10,13-14,25H,11-12H2,1-2H3,(H,26,27)(H,28,29). The van der Waals surface area contributed by atoms with Crippen molar-refractivity contribution in [3.8, 4) is 23.0 Å². The molecule has 0 spiro atoms. The Kier molecular flexibility index (Phi) is 7.88. The van der Waals surface area contributed by atoms with Crippen LogP contribution in [0.2, 0.25) is 0 Å². The number of carboxylic acid groups (broad SMARTS) is 1. The number of aryl methyl sites for hydroxylation is 1. The smallest absolute Gasteiger partial charge is 0.335 e. The van der Waals surface area contributed by atoms with Gasteiger partial charge in [0, 0.05) is 0 Å². The number of benzene rings is 3. The van der Waals surface area contributed by atoms with Crippen molar-refractivity contribution in [2.75, 3.05) is 24.6 Å². The van der Waals surface area contributed by atoms with Gasteiger partial charge >= 0.3 is 5.97 Å². The van der Waals surface area contributed by atoms with E-state index in [1.165, 1.54) is 19.2 Å². The molecular weight excluding hydrogens is 450 g/mol. The summed E-state index contributed by atoms with van der Waals surface area (Å²) in [6, 6.07) is 15.9. The molecule has 0 saturated heterocycles. The molecule has 10 heteroatoms. The molecule has 0 aromatic heterocycles. The van der Waals surface area contributed by atoms with Crippen molar-refractivity contribution in [1.82, 2.24) is 0 Å². The van der Waals surface area contributed by atoms with Gasteiger partial charge < -0.3 is 24.4 Å². The summed E-state index contributed by atoms with van der Waals surface area (Å²) >= 11 is -2.60. The van der Waals surface area contributed by atoms with Gasteiger partial charge in [0.1, 0.15) is 12.3 Å². The Morgan fingerprint density at radius 3 is 2.27 bits per heavy atom. The molecule has 0 radical (unpaired) electrons. The van der Waals surface area contributed by atoms with Gasteiger partial charge in [-0.25, -0.2) is 13.3 Å². The summed E-state index contributed by atoms with van der Waals surface area (Å²) in [5.74, 6) is -0.688. The van der Waals surface area contributed by atoms with Crippen LogP contribution in [0, 0.1) is 6.92 Å². The first-order valence-electron chi connectivity index (χ1n) is 9.79. The summed E-state index contributed by atoms with van der Waals surface area (Å²) in [7, 11) is 1.46. The quantitative estimate of drug-likeness (QED) is 0.375. The van der Waals surface area contributed by atoms with Crippen LogP contribution in [0.3, 0.4) is 0 Å². The molecule has 174 valence electrons. The number of aliphatic hydroxyl groups is 1. The van der Waals surface area contributed by atoms with E-state index in [1.807, 2.05) is 6.92 Å². The lowest BCUT2D eigenvalue weighted by atomic mass is 10.1. The number of methoxy groups -OCH3 is 1. The van der Waals surface area contributed by atoms with Gasteiger partial charge in [0.25, 0.3) is 11.3 Å². The van der Waals surface area contributed by atoms with Crippen LogP contribution >= 0.6 is 0 Å². The van der Waals surface area contributed by atoms with Crippen LogP contribution in [-0.4, -0.2) is 45.3 Å². The van der Waals surface area contributed by atoms with Crippen molar-refractivity contribution in [3.63, 3.8) is 0 Å². The maximum absolute atomic E-state index is 12.4. The minimum Gasteiger partial charge on any atom is -0.493 e. The number of para-hydroxylation sites is 2. The van der Waals surface area contributed by atoms with Gasteiger partial charge in [-0.3, -0.25) is 4.55 Å². The SMILES string of the molecule is COc1ccccc1Oc1c(OCCO)cc(C(=O)O)cc1N(c1ccc(C)cc1)S(=O)O. The number of carbonyl (C=O) groups is 1. The molecule has 0 amide bonds. The molecular formula is C23H23NO8S. The van der Waals surface area contributed by atoms with E-state index < -0.39 is 17.2 Å². The number of carboxylic acids is 1. The Balaban J connectivity index is 2.28. The Labute approximate surface area is 193 Å². The molecule has 0 aliphatic carbocycles. The fraction of sp³-hybridized carbons (Fsp3) is 0.174. The van der Waals surface area contributed by atoms with Crippen LogP contribution in [0.25, 0.3) is 0 Å². The van der Waals surface area contributed by atoms with Gasteiger partial charge in [-0.05, 0) is 43.3 Å². The number of anilines is 2. The highest BCUT2D eigenvalue weighted by atomic mass is 32.2. The topological polar surface area (TPSA) is 126 Å². The largest absolute Gasteiger partial charge is 0.493 e. The van der Waals surface area contributed by atoms with Crippen molar-refractivity contribution in [2.24, 2.45) is 0 Å². The third-order valence-corrected chi connectivity index (χ3v) is 5.28. The summed E-state index contributed by atoms with van der Waals surface area (Å²) in [6.45, 7) is 1.37. The molecule has 3 N–H and O–H groups in total. The number of aromatic carboxylic acids is 1. The van der Waals surface area contributed by atoms with Gasteiger partial charge in [-0.15, -0.1) is 0 Å². The Morgan fingerprint density at radius 2 is 1.70 bits per heavy atom. The molecule has 33 heavy (non-hydrogen) atoms. The lowest BCUT2D eigenvalue weighted by molar-refractivity contribution is 0.0696. The Hall–Kier alpha value is -3.60. The first-order chi connectivity index (χ1) is 15.8. The molecule has 0 aliphatic rings. The lowest BCUT2D eigenvalue weighted by Gasteiger charge is -2.25. The second-order valence-corrected chi connectivity index (χ2v) is 7.64. The van der Waals surface area contributed by atoms with Gasteiger partial charge in [0.15, 0.2) is 23.0 Å². The maximum Gasteiger partial charge on any atom is 0.335 e. The van der Waals surface area contributed by atoms with Crippen LogP contribution < -0.4 is 18.5 Å². The fourth-order valence-electron chi connectivity index (χ4n) is 3.03. The second-order valence-electron chi connectivity index (χ2n) is 6.81. The Bertz CT molecular complexity index is 1150. The summed E-state index contributed by atoms with van der Waals surface area (Å²) < 4.78 is 40.6. The van der Waals surface area contributed by atoms with Crippen molar-refractivity contribution >= 4 is 28.6 Å². The molecule has 0 heterocycles. The van der Waals surface area contributed by atoms with E-state index in [4.69, 9.17) is 14.2 Å². The second kappa shape index (κ2) is 10.8. The van der Waals surface area contributed by atoms with Gasteiger partial charge in [-0.2, -0.15) is 0 Å². The average Bonchev–Trinajstić information content (AvgIpc) is 2.80. The molecule has 0 bridgehead atoms. The van der Waals surface area contributed by atoms with E-state index in [-0.39, 0.29) is 41.7 Å². The Morgan fingerprint density at radius 1 is 1.03 bits per heavy atom. The van der Waals surface area contributed by atoms with E-state index in [0.29, 0.717) is 11.4 Å². The highest BCUT2D eigenvalue weighted by Crippen LogP contribution is 2.46. The highest BCUT2D eigenvalue weighted by molar-refractivity contribution is 7.81. The van der Waals surface area contributed by atoms with E-state index in [9.17, 15) is 23.8 Å². The van der Waals surface area contributed by atoms with Gasteiger partial charge in [0.05, 0.1) is 25.0 Å². The highest BCUT2D eigenvalue weighted by Gasteiger charge is 2.27. The molecule has 3 aromatic rings. The van der Waals surface area contributed by atoms with Crippen LogP contribution in [-0.2, 0) is 11.3 Å². The lowest BCUT2D eigenvalue weighted by Crippen LogP contribution is -2.21. The first kappa shape index (κ1) is 24.1. The molecule has 0 fully saturated rings. The van der Waals surface area contributed by atoms with E-state index >= 15 is 0 Å². The van der Waals surface area contributed by atoms with E-state index in [1.54, 1.807) is 48.5 Å². The third kappa shape index (κ3) is 5.61. The summed E-state index contributed by atoms with van der Waals surface area (Å²) in [6.07, 6.45) is 0. The number of aliphatic hydroxyl groups excluding tert-OH is 1. The van der Waals surface area contributed by atoms with Gasteiger partial charge in [-0.1, -0.05) is 29.8 Å². The van der Waals surface area contributed by atoms with Crippen LogP contribution in [0.15, 0.2) is 60.7 Å². The number of rotatable bonds is 10. The predicted molar refractivity (Wildman–Crippen MR) is 123 cm³/mol. The zero-order chi connectivity index (χ0) is 24.0. The van der Waals surface area contributed by atoms with Crippen LogP contribution in [0.5, 0.6) is 23.0 Å². The summed E-state index contributed by atoms with van der Waals surface area (Å²) in [5, 5.41) is 18.9. The maximum atomic E-state index is 12.4. The normalized spacial score (nSPS) is 11.5. The third-order valence-electron chi connectivity index (χ3n) is 4.56. The zero-order valence-electron chi connectivity index (χ0n) is 17.9. The van der Waals surface area contributed by atoms with Gasteiger partial charge in [0.2, 0.25) is 0 Å². The molecule has 0 saturated carbocycles. The van der Waals surface area contributed by atoms with E-state index in [0.717, 1.165) is 9.87 Å². The minimum absolute atomic E-state index is 0.0269. The minimum atomic E-state index is -2.60. The zero-order valence-corrected chi connectivity index (χ0v) is 18.7. The first-order valence-corrected chi connectivity index (χ1v) is 10.9. The molecule has 3 rings (SSSR count). The van der Waals surface area contributed by atoms with Crippen molar-refractivity contribution in [3.05, 3.63) is 71.8 Å². The fourth-order valence-corrected chi connectivity index (χ4v) is 3.64. The molecule has 9 nitrogen and oxygen atoms in total. The predicted octanol–water partition coefficient (Wildman–Crippen LogP) is 4.14. The van der Waals surface area contributed by atoms with Crippen molar-refractivity contribution in [2.45, 2.75) is 6.92 Å². The number of ether oxygens (including phenoxy) is 3. The van der Waals surface area contributed by atoms with Crippen LogP contribution in [0.4, 0.5) is 11.4 Å². The molecule has 1 unspecified atom stereocenters. The van der Waals surface area contributed by atoms with Crippen molar-refractivity contribution in [1.29, 1.82) is 0 Å². The molecule has 1 atom stereocenters. The van der Waals surface area contributed by atoms with Crippen molar-refractivity contribution < 1.29 is 38.0 Å². The monoisotopic (exact) mass is 473 g/mol. The average molecular weight is 474 g/mol. The number of hydrogen-bond acceptors (Lipinski definition) is 6. The summed E-state index contributed by atoms with van der Waals surface area (Å²) in [5.41, 5.74) is 1.02. The number of hydrogen-bond donors (Lipinski definition) is 3.